The van der Waals surface area contributed by atoms with E-state index in [2.05, 4.69) is 15.0 Å². The normalized spacial score (nSPS) is 29.8. The zero-order valence-corrected chi connectivity index (χ0v) is 12.7. The minimum absolute atomic E-state index is 0.206. The highest BCUT2D eigenvalue weighted by atomic mass is 32.2. The molecule has 0 saturated carbocycles. The molecule has 10 heteroatoms. The fourth-order valence-corrected chi connectivity index (χ4v) is 4.07. The molecule has 4 heterocycles. The van der Waals surface area contributed by atoms with E-state index < -0.39 is 23.8 Å². The molecule has 0 radical (unpaired) electrons. The first-order valence-corrected chi connectivity index (χ1v) is 7.66. The van der Waals surface area contributed by atoms with Gasteiger partial charge in [-0.3, -0.25) is 14.3 Å². The topological polar surface area (TPSA) is 96.3 Å². The third kappa shape index (κ3) is 1.74. The number of H-pyrrole nitrogens is 1. The van der Waals surface area contributed by atoms with Crippen LogP contribution in [-0.2, 0) is 4.74 Å². The molecule has 22 heavy (non-hydrogen) atoms. The fourth-order valence-electron chi connectivity index (χ4n) is 2.77. The number of aliphatic hydroxyl groups excluding tert-OH is 1. The molecular weight excluding hydrogens is 313 g/mol. The van der Waals surface area contributed by atoms with Gasteiger partial charge in [0, 0.05) is 14.1 Å². The van der Waals surface area contributed by atoms with Gasteiger partial charge in [0.1, 0.15) is 12.3 Å². The highest BCUT2D eigenvalue weighted by molar-refractivity contribution is 8.00. The summed E-state index contributed by atoms with van der Waals surface area (Å²) in [5.41, 5.74) is 0.229. The molecule has 2 aromatic heterocycles. The zero-order valence-electron chi connectivity index (χ0n) is 11.9. The highest BCUT2D eigenvalue weighted by Crippen LogP contribution is 2.49. The number of nitrogens with one attached hydrogen (secondary N) is 1. The van der Waals surface area contributed by atoms with E-state index in [4.69, 9.17) is 4.74 Å². The van der Waals surface area contributed by atoms with Crippen LogP contribution in [0.3, 0.4) is 0 Å². The van der Waals surface area contributed by atoms with E-state index in [0.29, 0.717) is 16.8 Å². The smallest absolute Gasteiger partial charge is 0.280 e. The molecule has 4 unspecified atom stereocenters. The number of ether oxygens (including phenoxy) is 1. The lowest BCUT2D eigenvalue weighted by Gasteiger charge is -2.14. The minimum atomic E-state index is -1.29. The maximum absolute atomic E-state index is 14.2. The van der Waals surface area contributed by atoms with E-state index >= 15 is 0 Å². The maximum atomic E-state index is 14.2. The molecular formula is C12H14FN5O3S. The Hall–Kier alpha value is -1.65. The summed E-state index contributed by atoms with van der Waals surface area (Å²) < 4.78 is 21.5. The number of rotatable bonds is 2. The number of hydrogen-bond donors (Lipinski definition) is 2. The predicted molar refractivity (Wildman–Crippen MR) is 78.0 cm³/mol. The van der Waals surface area contributed by atoms with Crippen molar-refractivity contribution in [3.63, 3.8) is 0 Å². The van der Waals surface area contributed by atoms with Crippen LogP contribution in [0.4, 0.5) is 10.3 Å². The maximum Gasteiger partial charge on any atom is 0.280 e. The molecule has 2 aliphatic heterocycles. The van der Waals surface area contributed by atoms with Gasteiger partial charge in [0.15, 0.2) is 22.5 Å². The van der Waals surface area contributed by atoms with Crippen molar-refractivity contribution < 1.29 is 14.2 Å². The lowest BCUT2D eigenvalue weighted by Crippen LogP contribution is -2.26. The van der Waals surface area contributed by atoms with Crippen molar-refractivity contribution in [2.24, 2.45) is 0 Å². The van der Waals surface area contributed by atoms with Gasteiger partial charge in [0.05, 0.1) is 11.9 Å². The van der Waals surface area contributed by atoms with Gasteiger partial charge in [-0.05, 0) is 0 Å². The summed E-state index contributed by atoms with van der Waals surface area (Å²) in [4.78, 5) is 25.1. The fraction of sp³-hybridized carbons (Fsp3) is 0.583. The van der Waals surface area contributed by atoms with Crippen LogP contribution in [0.1, 0.15) is 6.23 Å². The number of nitrogens with zero attached hydrogens (tertiary/aromatic N) is 4. The van der Waals surface area contributed by atoms with Crippen molar-refractivity contribution in [1.82, 2.24) is 19.5 Å². The van der Waals surface area contributed by atoms with Crippen molar-refractivity contribution in [1.29, 1.82) is 0 Å². The Balaban J connectivity index is 1.89. The molecule has 0 spiro atoms. The Morgan fingerprint density at radius 1 is 1.50 bits per heavy atom. The highest BCUT2D eigenvalue weighted by Gasteiger charge is 2.52. The Bertz CT molecular complexity index is 806. The number of aliphatic hydroxyl groups is 1. The van der Waals surface area contributed by atoms with Crippen molar-refractivity contribution >= 4 is 28.9 Å². The van der Waals surface area contributed by atoms with Gasteiger partial charge in [0.2, 0.25) is 5.95 Å². The lowest BCUT2D eigenvalue weighted by molar-refractivity contribution is -0.0334. The second-order valence-corrected chi connectivity index (χ2v) is 6.64. The molecule has 1 saturated heterocycles. The number of anilines is 1. The van der Waals surface area contributed by atoms with E-state index in [1.165, 1.54) is 11.8 Å². The van der Waals surface area contributed by atoms with Crippen molar-refractivity contribution in [3.05, 3.63) is 10.4 Å². The number of hydrogen-bond acceptors (Lipinski definition) is 7. The molecule has 8 nitrogen and oxygen atoms in total. The van der Waals surface area contributed by atoms with Gasteiger partial charge in [-0.15, -0.1) is 0 Å². The van der Waals surface area contributed by atoms with Crippen molar-refractivity contribution in [3.8, 4) is 0 Å². The molecule has 118 valence electrons. The lowest BCUT2D eigenvalue weighted by atomic mass is 10.2. The number of halogens is 1. The molecule has 2 aliphatic rings. The number of thioether (sulfide) groups is 1. The van der Waals surface area contributed by atoms with Crippen LogP contribution in [0.5, 0.6) is 0 Å². The summed E-state index contributed by atoms with van der Waals surface area (Å²) in [6.45, 7) is -0.381. The third-order valence-electron chi connectivity index (χ3n) is 3.87. The van der Waals surface area contributed by atoms with Crippen LogP contribution in [-0.4, -0.2) is 62.9 Å². The van der Waals surface area contributed by atoms with Gasteiger partial charge in [0.25, 0.3) is 5.56 Å². The van der Waals surface area contributed by atoms with Gasteiger partial charge in [-0.2, -0.15) is 4.98 Å². The zero-order chi connectivity index (χ0) is 15.6. The summed E-state index contributed by atoms with van der Waals surface area (Å²) in [6.07, 6.45) is -2.75. The van der Waals surface area contributed by atoms with E-state index in [9.17, 15) is 14.3 Å². The first kappa shape index (κ1) is 14.0. The number of alkyl halides is 1. The van der Waals surface area contributed by atoms with Gasteiger partial charge < -0.3 is 14.7 Å². The van der Waals surface area contributed by atoms with E-state index in [1.807, 2.05) is 0 Å². The third-order valence-corrected chi connectivity index (χ3v) is 5.13. The molecule has 0 aliphatic carbocycles. The molecule has 0 bridgehead atoms. The van der Waals surface area contributed by atoms with Crippen molar-refractivity contribution in [2.45, 2.75) is 28.9 Å². The van der Waals surface area contributed by atoms with Gasteiger partial charge in [-0.1, -0.05) is 11.8 Å². The summed E-state index contributed by atoms with van der Waals surface area (Å²) in [7, 11) is 3.52. The Morgan fingerprint density at radius 2 is 2.27 bits per heavy atom. The molecule has 2 N–H and O–H groups in total. The summed E-state index contributed by atoms with van der Waals surface area (Å²) >= 11 is 1.22. The van der Waals surface area contributed by atoms with Crippen molar-refractivity contribution in [2.75, 3.05) is 25.6 Å². The Morgan fingerprint density at radius 3 is 2.95 bits per heavy atom. The van der Waals surface area contributed by atoms with Crippen LogP contribution in [0.2, 0.25) is 0 Å². The van der Waals surface area contributed by atoms with E-state index in [0.717, 1.165) is 0 Å². The summed E-state index contributed by atoms with van der Waals surface area (Å²) in [5, 5.41) is 9.22. The molecule has 0 amide bonds. The van der Waals surface area contributed by atoms with E-state index in [1.54, 1.807) is 23.6 Å². The number of aromatic nitrogens is 4. The monoisotopic (exact) mass is 327 g/mol. The summed E-state index contributed by atoms with van der Waals surface area (Å²) in [6, 6.07) is 0. The number of aromatic amines is 1. The van der Waals surface area contributed by atoms with Crippen LogP contribution in [0.25, 0.3) is 11.2 Å². The Labute approximate surface area is 128 Å². The largest absolute Gasteiger partial charge is 0.394 e. The van der Waals surface area contributed by atoms with Gasteiger partial charge in [-0.25, -0.2) is 9.37 Å². The van der Waals surface area contributed by atoms with Crippen LogP contribution in [0, 0.1) is 0 Å². The van der Waals surface area contributed by atoms with Gasteiger partial charge >= 0.3 is 0 Å². The SMILES string of the molecule is CN(C)c1nc2c(nc3n2C2OC(CO)C(F)C2S3)c(=O)[nH]1. The minimum Gasteiger partial charge on any atom is -0.394 e. The second-order valence-electron chi connectivity index (χ2n) is 5.50. The number of fused-ring (bicyclic) bond motifs is 5. The first-order chi connectivity index (χ1) is 10.5. The summed E-state index contributed by atoms with van der Waals surface area (Å²) in [5.74, 6) is 0.391. The number of imidazole rings is 1. The quantitative estimate of drug-likeness (QED) is 0.794. The Kier molecular flexibility index (Phi) is 2.97. The predicted octanol–water partition coefficient (Wildman–Crippen LogP) is -0.112. The molecule has 4 rings (SSSR count). The van der Waals surface area contributed by atoms with Crippen LogP contribution >= 0.6 is 11.8 Å². The second kappa shape index (κ2) is 4.67. The average molecular weight is 327 g/mol. The average Bonchev–Trinajstić information content (AvgIpc) is 3.09. The standard InChI is InChI=1S/C12H14FN5O3S/c1-17(2)11-15-8-6(9(20)16-11)14-12-18(8)10-7(22-12)5(13)4(3-19)21-10/h4-5,7,10,19H,3H2,1-2H3,(H,15,16,20). The van der Waals surface area contributed by atoms with Crippen LogP contribution < -0.4 is 10.5 Å². The molecule has 4 atom stereocenters. The molecule has 1 fully saturated rings. The molecule has 2 aromatic rings. The van der Waals surface area contributed by atoms with Crippen LogP contribution in [0.15, 0.2) is 9.95 Å². The molecule has 0 aromatic carbocycles. The first-order valence-electron chi connectivity index (χ1n) is 6.78. The van der Waals surface area contributed by atoms with E-state index in [-0.39, 0.29) is 17.7 Å².